The molecule has 0 aromatic heterocycles. The number of hydrazine groups is 1. The molecule has 0 unspecified atom stereocenters. The molecule has 4 aromatic carbocycles. The first kappa shape index (κ1) is 35.5. The van der Waals surface area contributed by atoms with Crippen molar-refractivity contribution in [1.29, 1.82) is 0 Å². The number of benzene rings is 4. The lowest BCUT2D eigenvalue weighted by Gasteiger charge is -2.31. The largest absolute Gasteiger partial charge is 0.573 e. The fourth-order valence-electron chi connectivity index (χ4n) is 5.03. The van der Waals surface area contributed by atoms with E-state index in [1.165, 1.54) is 24.3 Å². The fraction of sp³-hybridized carbons (Fsp3) is 0.235. The van der Waals surface area contributed by atoms with E-state index in [4.69, 9.17) is 42.8 Å². The topological polar surface area (TPSA) is 101 Å². The molecular weight excluding hydrogens is 738 g/mol. The van der Waals surface area contributed by atoms with Gasteiger partial charge in [-0.3, -0.25) is 10.2 Å². The number of aliphatic hydroxyl groups excluding tert-OH is 1. The Balaban J connectivity index is 1.48. The van der Waals surface area contributed by atoms with Crippen molar-refractivity contribution in [1.82, 2.24) is 10.9 Å². The number of carbonyl (C=O) groups excluding carboxylic acids is 1. The van der Waals surface area contributed by atoms with Crippen molar-refractivity contribution >= 4 is 50.9 Å². The Morgan fingerprint density at radius 2 is 1.62 bits per heavy atom. The van der Waals surface area contributed by atoms with Gasteiger partial charge in [0.25, 0.3) is 5.91 Å². The van der Waals surface area contributed by atoms with Crippen LogP contribution < -0.4 is 20.3 Å². The number of amides is 1. The molecule has 0 fully saturated rings. The maximum atomic E-state index is 14.4. The number of halogens is 6. The van der Waals surface area contributed by atoms with Crippen LogP contribution in [0.15, 0.2) is 100 Å². The number of nitrogens with one attached hydrogen (secondary N) is 2. The van der Waals surface area contributed by atoms with E-state index in [2.05, 4.69) is 31.5 Å². The van der Waals surface area contributed by atoms with Crippen LogP contribution in [-0.4, -0.2) is 42.0 Å². The first-order valence-electron chi connectivity index (χ1n) is 14.6. The molecule has 4 aromatic rings. The molecule has 1 amide bonds. The van der Waals surface area contributed by atoms with E-state index in [-0.39, 0.29) is 36.2 Å². The summed E-state index contributed by atoms with van der Waals surface area (Å²) >= 11 is 16.4. The van der Waals surface area contributed by atoms with Crippen molar-refractivity contribution < 1.29 is 37.3 Å². The van der Waals surface area contributed by atoms with Crippen molar-refractivity contribution in [3.63, 3.8) is 0 Å². The lowest BCUT2D eigenvalue weighted by atomic mass is 9.82. The third kappa shape index (κ3) is 9.00. The van der Waals surface area contributed by atoms with Crippen LogP contribution in [0.5, 0.6) is 11.5 Å². The summed E-state index contributed by atoms with van der Waals surface area (Å²) in [7, 11) is 0. The molecule has 1 aliphatic rings. The summed E-state index contributed by atoms with van der Waals surface area (Å²) in [6.45, 7) is 0.436. The number of alkyl halides is 3. The average Bonchev–Trinajstić information content (AvgIpc) is 3.42. The van der Waals surface area contributed by atoms with Crippen molar-refractivity contribution in [2.45, 2.75) is 37.4 Å². The summed E-state index contributed by atoms with van der Waals surface area (Å²) in [6, 6.07) is 24.6. The highest BCUT2D eigenvalue weighted by Gasteiger charge is 2.54. The van der Waals surface area contributed by atoms with Gasteiger partial charge in [0.15, 0.2) is 11.6 Å². The zero-order chi connectivity index (χ0) is 34.3. The van der Waals surface area contributed by atoms with E-state index in [0.29, 0.717) is 40.5 Å². The Hall–Kier alpha value is -3.81. The SMILES string of the molecule is O=C(NNCc1ccc(OC(F)(F)F)cc1)[C@@]1(Cc2ccc(Br)cc2)N=C(c2ccc(OCCCO)cc2)O[C@H]1c1ccc(Cl)cc1Cl. The third-order valence-electron chi connectivity index (χ3n) is 7.31. The molecule has 0 radical (unpaired) electrons. The number of nitrogens with zero attached hydrogens (tertiary/aromatic N) is 1. The normalized spacial score (nSPS) is 17.4. The minimum Gasteiger partial charge on any atom is -0.494 e. The van der Waals surface area contributed by atoms with Crippen molar-refractivity contribution in [2.75, 3.05) is 13.2 Å². The summed E-state index contributed by atoms with van der Waals surface area (Å²) < 4.78 is 54.6. The zero-order valence-corrected chi connectivity index (χ0v) is 28.2. The zero-order valence-electron chi connectivity index (χ0n) is 25.1. The molecule has 2 atom stereocenters. The van der Waals surface area contributed by atoms with Crippen LogP contribution in [0.3, 0.4) is 0 Å². The lowest BCUT2D eigenvalue weighted by Crippen LogP contribution is -2.53. The highest BCUT2D eigenvalue weighted by molar-refractivity contribution is 9.10. The van der Waals surface area contributed by atoms with Crippen molar-refractivity contribution in [3.05, 3.63) is 128 Å². The molecule has 0 aliphatic carbocycles. The summed E-state index contributed by atoms with van der Waals surface area (Å²) in [4.78, 5) is 19.3. The predicted octanol–water partition coefficient (Wildman–Crippen LogP) is 7.74. The number of hydrogen-bond acceptors (Lipinski definition) is 7. The molecule has 1 heterocycles. The van der Waals surface area contributed by atoms with Gasteiger partial charge >= 0.3 is 6.36 Å². The van der Waals surface area contributed by atoms with Crippen molar-refractivity contribution in [2.24, 2.45) is 4.99 Å². The Kier molecular flexibility index (Phi) is 11.5. The van der Waals surface area contributed by atoms with Crippen LogP contribution >= 0.6 is 39.1 Å². The second-order valence-electron chi connectivity index (χ2n) is 10.8. The molecule has 0 spiro atoms. The minimum absolute atomic E-state index is 0.0119. The number of carbonyl (C=O) groups is 1. The Labute approximate surface area is 292 Å². The highest BCUT2D eigenvalue weighted by Crippen LogP contribution is 2.45. The van der Waals surface area contributed by atoms with E-state index in [9.17, 15) is 18.0 Å². The molecule has 1 aliphatic heterocycles. The monoisotopic (exact) mass is 765 g/mol. The first-order chi connectivity index (χ1) is 23.0. The second kappa shape index (κ2) is 15.6. The highest BCUT2D eigenvalue weighted by atomic mass is 79.9. The van der Waals surface area contributed by atoms with Gasteiger partial charge in [0, 0.05) is 51.6 Å². The number of ether oxygens (including phenoxy) is 3. The standard InChI is InChI=1S/C34H29BrCl2F3N3O5/c35-24-8-2-21(3-9-24)19-33(32(45)43-41-20-22-4-11-27(12-5-22)48-34(38,39)40)30(28-15-10-25(36)18-29(28)37)47-31(42-33)23-6-13-26(14-7-23)46-17-1-16-44/h2-15,18,30,41,44H,1,16-17,19-20H2,(H,43,45)/t30-,33-/m0/s1. The van der Waals surface area contributed by atoms with Gasteiger partial charge in [0.2, 0.25) is 5.90 Å². The maximum Gasteiger partial charge on any atom is 0.573 e. The molecule has 0 bridgehead atoms. The van der Waals surface area contributed by atoms with E-state index in [1.54, 1.807) is 42.5 Å². The van der Waals surface area contributed by atoms with Crippen LogP contribution in [0.25, 0.3) is 0 Å². The smallest absolute Gasteiger partial charge is 0.494 e. The molecule has 5 rings (SSSR count). The van der Waals surface area contributed by atoms with Gasteiger partial charge in [-0.15, -0.1) is 13.2 Å². The van der Waals surface area contributed by atoms with Gasteiger partial charge in [-0.2, -0.15) is 0 Å². The molecule has 3 N–H and O–H groups in total. The van der Waals surface area contributed by atoms with E-state index >= 15 is 0 Å². The first-order valence-corrected chi connectivity index (χ1v) is 16.2. The Morgan fingerprint density at radius 1 is 0.958 bits per heavy atom. The van der Waals surface area contributed by atoms with E-state index in [0.717, 1.165) is 10.0 Å². The number of rotatable bonds is 13. The van der Waals surface area contributed by atoms with Gasteiger partial charge in [-0.1, -0.05) is 69.5 Å². The van der Waals surface area contributed by atoms with Crippen LogP contribution in [-0.2, 0) is 22.5 Å². The van der Waals surface area contributed by atoms with Crippen LogP contribution in [0.2, 0.25) is 10.0 Å². The Bertz CT molecular complexity index is 1740. The molecular formula is C34H29BrCl2F3N3O5. The van der Waals surface area contributed by atoms with Crippen LogP contribution in [0.4, 0.5) is 13.2 Å². The van der Waals surface area contributed by atoms with Gasteiger partial charge in [-0.25, -0.2) is 10.4 Å². The number of hydrogen-bond donors (Lipinski definition) is 3. The second-order valence-corrected chi connectivity index (χ2v) is 12.5. The summed E-state index contributed by atoms with van der Waals surface area (Å²) in [5.41, 5.74) is 6.44. The van der Waals surface area contributed by atoms with Crippen LogP contribution in [0.1, 0.15) is 34.8 Å². The molecule has 0 saturated carbocycles. The van der Waals surface area contributed by atoms with Gasteiger partial charge < -0.3 is 19.3 Å². The van der Waals surface area contributed by atoms with Crippen LogP contribution in [0, 0.1) is 0 Å². The van der Waals surface area contributed by atoms with Crippen molar-refractivity contribution in [3.8, 4) is 11.5 Å². The van der Waals surface area contributed by atoms with Gasteiger partial charge in [-0.05, 0) is 71.8 Å². The quantitative estimate of drug-likeness (QED) is 0.0952. The molecule has 14 heteroatoms. The average molecular weight is 767 g/mol. The van der Waals surface area contributed by atoms with Gasteiger partial charge in [0.1, 0.15) is 11.5 Å². The van der Waals surface area contributed by atoms with Gasteiger partial charge in [0.05, 0.1) is 6.61 Å². The lowest BCUT2D eigenvalue weighted by molar-refractivity contribution is -0.274. The summed E-state index contributed by atoms with van der Waals surface area (Å²) in [6.07, 6.45) is -5.21. The molecule has 0 saturated heterocycles. The summed E-state index contributed by atoms with van der Waals surface area (Å²) in [5, 5.41) is 9.72. The third-order valence-corrected chi connectivity index (χ3v) is 8.40. The van der Waals surface area contributed by atoms with E-state index in [1.807, 2.05) is 24.3 Å². The molecule has 252 valence electrons. The predicted molar refractivity (Wildman–Crippen MR) is 179 cm³/mol. The fourth-order valence-corrected chi connectivity index (χ4v) is 5.80. The molecule has 48 heavy (non-hydrogen) atoms. The maximum absolute atomic E-state index is 14.4. The van der Waals surface area contributed by atoms with E-state index < -0.39 is 23.9 Å². The number of aliphatic imine (C=N–C) groups is 1. The minimum atomic E-state index is -4.81. The Morgan fingerprint density at radius 3 is 2.27 bits per heavy atom. The number of aliphatic hydroxyl groups is 1. The summed E-state index contributed by atoms with van der Waals surface area (Å²) in [5.74, 6) is -0.122. The molecule has 8 nitrogen and oxygen atoms in total.